The fourth-order valence-corrected chi connectivity index (χ4v) is 4.25. The van der Waals surface area contributed by atoms with Gasteiger partial charge in [-0.15, -0.1) is 12.8 Å². The molecular formula is C29H42F2N4O2. The van der Waals surface area contributed by atoms with Gasteiger partial charge < -0.3 is 15.6 Å². The summed E-state index contributed by atoms with van der Waals surface area (Å²) in [5.41, 5.74) is 5.92. The van der Waals surface area contributed by atoms with Crippen LogP contribution in [-0.4, -0.2) is 47.2 Å². The normalized spacial score (nSPS) is 15.2. The third-order valence-corrected chi connectivity index (χ3v) is 6.87. The fourth-order valence-electron chi connectivity index (χ4n) is 4.25. The van der Waals surface area contributed by atoms with Gasteiger partial charge in [0.25, 0.3) is 0 Å². The lowest BCUT2D eigenvalue weighted by Crippen LogP contribution is -2.30. The number of H-pyrrole nitrogens is 1. The van der Waals surface area contributed by atoms with E-state index >= 15 is 0 Å². The predicted octanol–water partition coefficient (Wildman–Crippen LogP) is 5.67. The standard InChI is InChI=1S/C18H22F2N2O.C8H15N.C2H2.CH3NO/c1-2-14(23)7-5-3-4-6-8-18-21-12-17(22-18)15-10-9-13(19)11-16(15)20;1-9-6-4-8(2-3-8)5-7-9;1-2;2-1-3/h9-12H,2-8H2,1H3,(H,21,22);2-7H2,1H3;1-2H;1H,(H2,2,3). The second kappa shape index (κ2) is 17.4. The van der Waals surface area contributed by atoms with Gasteiger partial charge in [-0.2, -0.15) is 0 Å². The highest BCUT2D eigenvalue weighted by Gasteiger charge is 2.43. The number of hydrogen-bond donors (Lipinski definition) is 2. The van der Waals surface area contributed by atoms with Crippen molar-refractivity contribution in [3.63, 3.8) is 0 Å². The molecule has 1 aliphatic carbocycles. The summed E-state index contributed by atoms with van der Waals surface area (Å²) in [5, 5.41) is 0. The number of Topliss-reactive ketones (excluding diaryl/α,β-unsaturated/α-hetero) is 1. The molecule has 1 spiro atoms. The monoisotopic (exact) mass is 516 g/mol. The van der Waals surface area contributed by atoms with Crippen LogP contribution >= 0.6 is 0 Å². The topological polar surface area (TPSA) is 92.1 Å². The Labute approximate surface area is 220 Å². The summed E-state index contributed by atoms with van der Waals surface area (Å²) in [6, 6.07) is 3.51. The van der Waals surface area contributed by atoms with Crippen LogP contribution in [0.4, 0.5) is 8.78 Å². The van der Waals surface area contributed by atoms with E-state index < -0.39 is 11.6 Å². The average Bonchev–Trinajstić information content (AvgIpc) is 3.50. The number of primary amides is 1. The number of piperidine rings is 1. The minimum Gasteiger partial charge on any atom is -0.372 e. The summed E-state index contributed by atoms with van der Waals surface area (Å²) in [6.07, 6.45) is 21.9. The second-order valence-electron chi connectivity index (χ2n) is 9.61. The molecular weight excluding hydrogens is 474 g/mol. The molecule has 3 N–H and O–H groups in total. The van der Waals surface area contributed by atoms with E-state index in [0.29, 0.717) is 29.9 Å². The van der Waals surface area contributed by atoms with Crippen LogP contribution in [0.5, 0.6) is 0 Å². The molecule has 1 aliphatic heterocycles. The number of carbonyl (C=O) groups is 2. The maximum atomic E-state index is 13.7. The number of aryl methyl sites for hydroxylation is 1. The summed E-state index contributed by atoms with van der Waals surface area (Å²) < 4.78 is 26.6. The zero-order valence-corrected chi connectivity index (χ0v) is 22.3. The molecule has 204 valence electrons. The van der Waals surface area contributed by atoms with Crippen LogP contribution in [0.15, 0.2) is 24.4 Å². The van der Waals surface area contributed by atoms with Crippen molar-refractivity contribution in [2.24, 2.45) is 11.1 Å². The highest BCUT2D eigenvalue weighted by molar-refractivity contribution is 5.77. The first kappa shape index (κ1) is 32.0. The number of halogens is 2. The number of aromatic amines is 1. The van der Waals surface area contributed by atoms with Gasteiger partial charge in [-0.3, -0.25) is 9.59 Å². The maximum Gasteiger partial charge on any atom is 0.204 e. The first-order valence-corrected chi connectivity index (χ1v) is 13.0. The summed E-state index contributed by atoms with van der Waals surface area (Å²) >= 11 is 0. The summed E-state index contributed by atoms with van der Waals surface area (Å²) in [4.78, 5) is 29.5. The van der Waals surface area contributed by atoms with Gasteiger partial charge in [-0.25, -0.2) is 13.8 Å². The Balaban J connectivity index is 0.000000399. The Kier molecular flexibility index (Phi) is 15.1. The van der Waals surface area contributed by atoms with E-state index in [1.54, 1.807) is 6.20 Å². The number of amides is 1. The van der Waals surface area contributed by atoms with Crippen molar-refractivity contribution in [3.05, 3.63) is 41.9 Å². The number of hydrogen-bond acceptors (Lipinski definition) is 4. The van der Waals surface area contributed by atoms with Crippen LogP contribution < -0.4 is 5.73 Å². The van der Waals surface area contributed by atoms with Crippen molar-refractivity contribution in [2.75, 3.05) is 20.1 Å². The minimum atomic E-state index is -0.596. The molecule has 2 aromatic rings. The van der Waals surface area contributed by atoms with E-state index in [1.165, 1.54) is 50.9 Å². The quantitative estimate of drug-likeness (QED) is 0.255. The van der Waals surface area contributed by atoms with E-state index in [4.69, 9.17) is 4.79 Å². The number of nitrogens with zero attached hydrogens (tertiary/aromatic N) is 2. The largest absolute Gasteiger partial charge is 0.372 e. The number of rotatable bonds is 9. The summed E-state index contributed by atoms with van der Waals surface area (Å²) in [5.74, 6) is -0.0660. The maximum absolute atomic E-state index is 13.7. The van der Waals surface area contributed by atoms with Gasteiger partial charge in [0.15, 0.2) is 0 Å². The number of carbonyl (C=O) groups excluding carboxylic acids is 2. The van der Waals surface area contributed by atoms with Gasteiger partial charge in [-0.1, -0.05) is 19.8 Å². The van der Waals surface area contributed by atoms with Crippen molar-refractivity contribution < 1.29 is 18.4 Å². The number of aromatic nitrogens is 2. The molecule has 1 aromatic heterocycles. The number of nitrogens with one attached hydrogen (secondary N) is 1. The molecule has 6 nitrogen and oxygen atoms in total. The smallest absolute Gasteiger partial charge is 0.204 e. The Morgan fingerprint density at radius 2 is 1.76 bits per heavy atom. The van der Waals surface area contributed by atoms with Crippen LogP contribution in [0, 0.1) is 29.9 Å². The zero-order chi connectivity index (χ0) is 27.7. The Morgan fingerprint density at radius 1 is 1.14 bits per heavy atom. The molecule has 1 amide bonds. The van der Waals surface area contributed by atoms with Crippen LogP contribution in [0.25, 0.3) is 11.3 Å². The van der Waals surface area contributed by atoms with Crippen molar-refractivity contribution in [1.82, 2.24) is 14.9 Å². The molecule has 2 heterocycles. The van der Waals surface area contributed by atoms with Gasteiger partial charge in [0.05, 0.1) is 11.9 Å². The van der Waals surface area contributed by atoms with Crippen LogP contribution in [-0.2, 0) is 16.0 Å². The number of likely N-dealkylation sites (tertiary alicyclic amines) is 1. The van der Waals surface area contributed by atoms with Crippen molar-refractivity contribution in [3.8, 4) is 24.1 Å². The fraction of sp³-hybridized carbons (Fsp3) is 0.552. The predicted molar refractivity (Wildman–Crippen MR) is 145 cm³/mol. The lowest BCUT2D eigenvalue weighted by Gasteiger charge is -2.28. The van der Waals surface area contributed by atoms with E-state index in [1.807, 2.05) is 6.92 Å². The van der Waals surface area contributed by atoms with Crippen molar-refractivity contribution in [2.45, 2.75) is 77.6 Å². The molecule has 2 fully saturated rings. The number of benzene rings is 1. The van der Waals surface area contributed by atoms with E-state index in [-0.39, 0.29) is 6.41 Å². The molecule has 2 aliphatic rings. The highest BCUT2D eigenvalue weighted by atomic mass is 19.1. The molecule has 8 heteroatoms. The number of unbranched alkanes of at least 4 members (excludes halogenated alkanes) is 3. The lowest BCUT2D eigenvalue weighted by molar-refractivity contribution is -0.118. The molecule has 0 unspecified atom stereocenters. The minimum absolute atomic E-state index is 0.250. The molecule has 0 radical (unpaired) electrons. The molecule has 0 atom stereocenters. The van der Waals surface area contributed by atoms with Crippen LogP contribution in [0.1, 0.15) is 77.0 Å². The van der Waals surface area contributed by atoms with Crippen LogP contribution in [0.3, 0.4) is 0 Å². The molecule has 1 saturated heterocycles. The van der Waals surface area contributed by atoms with Crippen molar-refractivity contribution in [1.29, 1.82) is 0 Å². The third-order valence-electron chi connectivity index (χ3n) is 6.87. The van der Waals surface area contributed by atoms with Crippen LogP contribution in [0.2, 0.25) is 0 Å². The highest BCUT2D eigenvalue weighted by Crippen LogP contribution is 2.53. The van der Waals surface area contributed by atoms with Gasteiger partial charge in [0.1, 0.15) is 23.2 Å². The molecule has 37 heavy (non-hydrogen) atoms. The number of ketones is 1. The lowest BCUT2D eigenvalue weighted by atomic mass is 9.94. The average molecular weight is 517 g/mol. The Hall–Kier alpha value is -3.05. The zero-order valence-electron chi connectivity index (χ0n) is 22.3. The van der Waals surface area contributed by atoms with E-state index in [2.05, 4.69) is 40.5 Å². The Morgan fingerprint density at radius 3 is 2.32 bits per heavy atom. The van der Waals surface area contributed by atoms with Gasteiger partial charge in [-0.05, 0) is 76.2 Å². The number of terminal acetylenes is 1. The summed E-state index contributed by atoms with van der Waals surface area (Å²) in [6.45, 7) is 4.58. The third kappa shape index (κ3) is 12.2. The first-order chi connectivity index (χ1) is 17.8. The van der Waals surface area contributed by atoms with Crippen molar-refractivity contribution >= 4 is 12.2 Å². The SMILES string of the molecule is C#C.CCC(=O)CCCCCCc1ncc(-c2ccc(F)cc2F)[nH]1.CN1CCC2(CC1)CC2.NC=O. The van der Waals surface area contributed by atoms with E-state index in [0.717, 1.165) is 49.4 Å². The number of imidazole rings is 1. The van der Waals surface area contributed by atoms with Gasteiger partial charge in [0, 0.05) is 30.9 Å². The van der Waals surface area contributed by atoms with E-state index in [9.17, 15) is 13.6 Å². The van der Waals surface area contributed by atoms with Gasteiger partial charge >= 0.3 is 0 Å². The second-order valence-corrected chi connectivity index (χ2v) is 9.61. The Bertz CT molecular complexity index is 960. The van der Waals surface area contributed by atoms with Gasteiger partial charge in [0.2, 0.25) is 6.41 Å². The molecule has 1 saturated carbocycles. The summed E-state index contributed by atoms with van der Waals surface area (Å²) in [7, 11) is 2.23. The number of nitrogens with two attached hydrogens (primary N) is 1. The molecule has 4 rings (SSSR count). The molecule has 0 bridgehead atoms. The molecule has 1 aromatic carbocycles. The first-order valence-electron chi connectivity index (χ1n) is 13.0.